The van der Waals surface area contributed by atoms with Gasteiger partial charge in [0.25, 0.3) is 5.91 Å². The van der Waals surface area contributed by atoms with Gasteiger partial charge in [-0.2, -0.15) is 0 Å². The third-order valence-corrected chi connectivity index (χ3v) is 3.23. The second-order valence-electron chi connectivity index (χ2n) is 5.47. The number of esters is 1. The van der Waals surface area contributed by atoms with Crippen LogP contribution in [0.2, 0.25) is 0 Å². The Morgan fingerprint density at radius 3 is 2.33 bits per heavy atom. The number of benzene rings is 1. The van der Waals surface area contributed by atoms with Crippen LogP contribution in [-0.4, -0.2) is 31.1 Å². The van der Waals surface area contributed by atoms with Gasteiger partial charge in [-0.05, 0) is 38.0 Å². The van der Waals surface area contributed by atoms with Crippen molar-refractivity contribution in [1.29, 1.82) is 0 Å². The Labute approximate surface area is 125 Å². The molecule has 0 saturated heterocycles. The Hall–Kier alpha value is -2.04. The lowest BCUT2D eigenvalue weighted by molar-refractivity contribution is -0.148. The molecule has 0 heterocycles. The number of carbonyl (C=O) groups excluding carboxylic acids is 2. The molecule has 0 radical (unpaired) electrons. The molecule has 116 valence electrons. The van der Waals surface area contributed by atoms with Crippen LogP contribution in [0.1, 0.15) is 32.8 Å². The van der Waals surface area contributed by atoms with Gasteiger partial charge in [-0.15, -0.1) is 0 Å². The van der Waals surface area contributed by atoms with Crippen molar-refractivity contribution in [3.05, 3.63) is 29.8 Å². The van der Waals surface area contributed by atoms with Crippen LogP contribution >= 0.6 is 0 Å². The highest BCUT2D eigenvalue weighted by Crippen LogP contribution is 2.12. The lowest BCUT2D eigenvalue weighted by Crippen LogP contribution is -2.44. The predicted molar refractivity (Wildman–Crippen MR) is 80.2 cm³/mol. The van der Waals surface area contributed by atoms with Crippen molar-refractivity contribution in [2.75, 3.05) is 13.7 Å². The molecule has 0 aliphatic rings. The average Bonchev–Trinajstić information content (AvgIpc) is 2.45. The molecule has 5 heteroatoms. The Morgan fingerprint density at radius 1 is 1.19 bits per heavy atom. The third-order valence-electron chi connectivity index (χ3n) is 3.23. The highest BCUT2D eigenvalue weighted by molar-refractivity contribution is 5.81. The smallest absolute Gasteiger partial charge is 0.310 e. The van der Waals surface area contributed by atoms with Crippen molar-refractivity contribution in [3.8, 4) is 5.75 Å². The molecule has 0 aromatic heterocycles. The largest absolute Gasteiger partial charge is 0.497 e. The van der Waals surface area contributed by atoms with Crippen LogP contribution in [0.3, 0.4) is 0 Å². The van der Waals surface area contributed by atoms with Crippen LogP contribution in [0.15, 0.2) is 24.3 Å². The Kier molecular flexibility index (Phi) is 6.21. The minimum absolute atomic E-state index is 0.133. The Balaban J connectivity index is 2.38. The molecule has 21 heavy (non-hydrogen) atoms. The SMILES string of the molecule is CCC(C)(C)NC(=O)COC(=O)Cc1ccc(OC)cc1. The molecule has 1 aromatic rings. The van der Waals surface area contributed by atoms with Gasteiger partial charge in [0.15, 0.2) is 6.61 Å². The summed E-state index contributed by atoms with van der Waals surface area (Å²) >= 11 is 0. The van der Waals surface area contributed by atoms with Gasteiger partial charge >= 0.3 is 5.97 Å². The minimum Gasteiger partial charge on any atom is -0.497 e. The number of amides is 1. The minimum atomic E-state index is -0.426. The van der Waals surface area contributed by atoms with E-state index in [1.54, 1.807) is 31.4 Å². The van der Waals surface area contributed by atoms with Gasteiger partial charge in [-0.1, -0.05) is 19.1 Å². The van der Waals surface area contributed by atoms with E-state index in [-0.39, 0.29) is 24.5 Å². The number of nitrogens with one attached hydrogen (secondary N) is 1. The third kappa shape index (κ3) is 6.29. The molecular formula is C16H23NO4. The highest BCUT2D eigenvalue weighted by atomic mass is 16.5. The maximum atomic E-state index is 11.7. The Morgan fingerprint density at radius 2 is 1.81 bits per heavy atom. The summed E-state index contributed by atoms with van der Waals surface area (Å²) in [5, 5.41) is 2.81. The van der Waals surface area contributed by atoms with Crippen molar-refractivity contribution in [2.45, 2.75) is 39.2 Å². The quantitative estimate of drug-likeness (QED) is 0.782. The maximum absolute atomic E-state index is 11.7. The van der Waals surface area contributed by atoms with Gasteiger partial charge in [-0.3, -0.25) is 9.59 Å². The Bertz CT molecular complexity index is 480. The van der Waals surface area contributed by atoms with E-state index in [4.69, 9.17) is 9.47 Å². The molecular weight excluding hydrogens is 270 g/mol. The molecule has 1 aromatic carbocycles. The molecule has 1 N–H and O–H groups in total. The second-order valence-corrected chi connectivity index (χ2v) is 5.47. The molecule has 1 amide bonds. The summed E-state index contributed by atoms with van der Waals surface area (Å²) in [6.07, 6.45) is 0.937. The average molecular weight is 293 g/mol. The first-order valence-electron chi connectivity index (χ1n) is 6.96. The van der Waals surface area contributed by atoms with Crippen molar-refractivity contribution in [3.63, 3.8) is 0 Å². The molecule has 0 bridgehead atoms. The standard InChI is InChI=1S/C16H23NO4/c1-5-16(2,3)17-14(18)11-21-15(19)10-12-6-8-13(20-4)9-7-12/h6-9H,5,10-11H2,1-4H3,(H,17,18). The van der Waals surface area contributed by atoms with Crippen LogP contribution < -0.4 is 10.1 Å². The lowest BCUT2D eigenvalue weighted by Gasteiger charge is -2.24. The van der Waals surface area contributed by atoms with Gasteiger partial charge in [-0.25, -0.2) is 0 Å². The summed E-state index contributed by atoms with van der Waals surface area (Å²) in [6, 6.07) is 7.14. The van der Waals surface area contributed by atoms with Crippen LogP contribution in [0.25, 0.3) is 0 Å². The van der Waals surface area contributed by atoms with E-state index >= 15 is 0 Å². The summed E-state index contributed by atoms with van der Waals surface area (Å²) in [7, 11) is 1.58. The lowest BCUT2D eigenvalue weighted by atomic mass is 10.0. The van der Waals surface area contributed by atoms with Gasteiger partial charge < -0.3 is 14.8 Å². The second kappa shape index (κ2) is 7.67. The highest BCUT2D eigenvalue weighted by Gasteiger charge is 2.18. The van der Waals surface area contributed by atoms with Crippen LogP contribution in [0.4, 0.5) is 0 Å². The van der Waals surface area contributed by atoms with Crippen LogP contribution in [-0.2, 0) is 20.7 Å². The van der Waals surface area contributed by atoms with Gasteiger partial charge in [0.05, 0.1) is 13.5 Å². The van der Waals surface area contributed by atoms with E-state index in [1.807, 2.05) is 20.8 Å². The predicted octanol–water partition coefficient (Wildman–Crippen LogP) is 2.09. The first-order chi connectivity index (χ1) is 9.86. The summed E-state index contributed by atoms with van der Waals surface area (Å²) in [5.41, 5.74) is 0.523. The van der Waals surface area contributed by atoms with E-state index < -0.39 is 5.97 Å². The molecule has 0 atom stereocenters. The monoisotopic (exact) mass is 293 g/mol. The molecule has 0 unspecified atom stereocenters. The first kappa shape index (κ1) is 17.0. The van der Waals surface area contributed by atoms with E-state index in [9.17, 15) is 9.59 Å². The van der Waals surface area contributed by atoms with Gasteiger partial charge in [0.2, 0.25) is 0 Å². The van der Waals surface area contributed by atoms with E-state index in [1.165, 1.54) is 0 Å². The molecule has 0 spiro atoms. The van der Waals surface area contributed by atoms with Crippen LogP contribution in [0.5, 0.6) is 5.75 Å². The zero-order valence-corrected chi connectivity index (χ0v) is 13.1. The molecule has 1 rings (SSSR count). The van der Waals surface area contributed by atoms with Crippen LogP contribution in [0, 0.1) is 0 Å². The van der Waals surface area contributed by atoms with Crippen molar-refractivity contribution >= 4 is 11.9 Å². The van der Waals surface area contributed by atoms with E-state index in [0.29, 0.717) is 0 Å². The summed E-state index contributed by atoms with van der Waals surface area (Å²) in [4.78, 5) is 23.3. The summed E-state index contributed by atoms with van der Waals surface area (Å²) in [6.45, 7) is 5.57. The van der Waals surface area contributed by atoms with E-state index in [0.717, 1.165) is 17.7 Å². The fraction of sp³-hybridized carbons (Fsp3) is 0.500. The molecule has 0 saturated carbocycles. The molecule has 0 aliphatic carbocycles. The number of rotatable bonds is 7. The molecule has 5 nitrogen and oxygen atoms in total. The summed E-state index contributed by atoms with van der Waals surface area (Å²) < 4.78 is 10.0. The van der Waals surface area contributed by atoms with Crippen molar-refractivity contribution < 1.29 is 19.1 Å². The zero-order valence-electron chi connectivity index (χ0n) is 13.1. The van der Waals surface area contributed by atoms with Gasteiger partial charge in [0.1, 0.15) is 5.75 Å². The van der Waals surface area contributed by atoms with Crippen molar-refractivity contribution in [2.24, 2.45) is 0 Å². The van der Waals surface area contributed by atoms with E-state index in [2.05, 4.69) is 5.32 Å². The molecule has 0 aliphatic heterocycles. The molecule has 0 fully saturated rings. The normalized spacial score (nSPS) is 10.9. The number of methoxy groups -OCH3 is 1. The van der Waals surface area contributed by atoms with Crippen molar-refractivity contribution in [1.82, 2.24) is 5.32 Å². The zero-order chi connectivity index (χ0) is 15.9. The number of hydrogen-bond donors (Lipinski definition) is 1. The first-order valence-corrected chi connectivity index (χ1v) is 6.96. The number of ether oxygens (including phenoxy) is 2. The number of hydrogen-bond acceptors (Lipinski definition) is 4. The summed E-state index contributed by atoms with van der Waals surface area (Å²) in [5.74, 6) is 0.0165. The van der Waals surface area contributed by atoms with Gasteiger partial charge in [0, 0.05) is 5.54 Å². The fourth-order valence-corrected chi connectivity index (χ4v) is 1.61. The fourth-order valence-electron chi connectivity index (χ4n) is 1.61. The maximum Gasteiger partial charge on any atom is 0.310 e. The topological polar surface area (TPSA) is 64.6 Å². The number of carbonyl (C=O) groups is 2.